The third-order valence-electron chi connectivity index (χ3n) is 6.06. The summed E-state index contributed by atoms with van der Waals surface area (Å²) < 4.78 is 16.7. The molecule has 7 heteroatoms. The average molecular weight is 434 g/mol. The highest BCUT2D eigenvalue weighted by Crippen LogP contribution is 2.41. The summed E-state index contributed by atoms with van der Waals surface area (Å²) in [6.45, 7) is 9.16. The summed E-state index contributed by atoms with van der Waals surface area (Å²) >= 11 is 0. The Hall–Kier alpha value is -3.32. The highest BCUT2D eigenvalue weighted by molar-refractivity contribution is 6.45. The van der Waals surface area contributed by atoms with Crippen LogP contribution in [0.4, 0.5) is 5.69 Å². The van der Waals surface area contributed by atoms with Crippen molar-refractivity contribution in [3.8, 4) is 11.5 Å². The summed E-state index contributed by atoms with van der Waals surface area (Å²) in [5.41, 5.74) is 4.18. The van der Waals surface area contributed by atoms with Crippen LogP contribution in [0.2, 0.25) is 0 Å². The van der Waals surface area contributed by atoms with Crippen LogP contribution in [-0.2, 0) is 14.3 Å². The zero-order chi connectivity index (χ0) is 22.6. The second kappa shape index (κ2) is 7.67. The Morgan fingerprint density at radius 1 is 0.875 bits per heavy atom. The number of benzene rings is 2. The highest BCUT2D eigenvalue weighted by atomic mass is 16.7. The monoisotopic (exact) mass is 434 g/mol. The number of hydrogen-bond acceptors (Lipinski definition) is 6. The molecule has 2 aromatic carbocycles. The van der Waals surface area contributed by atoms with Crippen LogP contribution < -0.4 is 14.4 Å². The first-order valence-electron chi connectivity index (χ1n) is 10.8. The lowest BCUT2D eigenvalue weighted by Crippen LogP contribution is -2.47. The van der Waals surface area contributed by atoms with E-state index >= 15 is 0 Å². The van der Waals surface area contributed by atoms with Gasteiger partial charge < -0.3 is 19.1 Å². The van der Waals surface area contributed by atoms with Gasteiger partial charge in [0.15, 0.2) is 11.5 Å². The number of morpholine rings is 1. The molecular weight excluding hydrogens is 408 g/mol. The third-order valence-corrected chi connectivity index (χ3v) is 6.06. The number of anilines is 1. The van der Waals surface area contributed by atoms with E-state index in [2.05, 4.69) is 0 Å². The van der Waals surface area contributed by atoms with Gasteiger partial charge in [-0.1, -0.05) is 23.8 Å². The lowest BCUT2D eigenvalue weighted by molar-refractivity contribution is -0.121. The smallest absolute Gasteiger partial charge is 0.282 e. The predicted octanol–water partition coefficient (Wildman–Crippen LogP) is 3.43. The van der Waals surface area contributed by atoms with Crippen molar-refractivity contribution in [2.75, 3.05) is 24.8 Å². The summed E-state index contributed by atoms with van der Waals surface area (Å²) in [6.07, 6.45) is -0.0942. The van der Waals surface area contributed by atoms with Gasteiger partial charge in [-0.3, -0.25) is 9.59 Å². The zero-order valence-electron chi connectivity index (χ0n) is 18.7. The normalized spacial score (nSPS) is 22.9. The molecule has 2 amide bonds. The average Bonchev–Trinajstić information content (AvgIpc) is 3.29. The number of rotatable bonds is 3. The van der Waals surface area contributed by atoms with Gasteiger partial charge >= 0.3 is 0 Å². The molecule has 0 saturated carbocycles. The van der Waals surface area contributed by atoms with Gasteiger partial charge in [0.2, 0.25) is 6.79 Å². The largest absolute Gasteiger partial charge is 0.454 e. The van der Waals surface area contributed by atoms with Crippen LogP contribution in [0, 0.1) is 13.8 Å². The van der Waals surface area contributed by atoms with E-state index in [0.29, 0.717) is 41.5 Å². The standard InChI is InChI=1S/C25H26N2O5/c1-14-5-7-19(15(2)9-14)22-23(26-11-16(3)32-17(4)12-26)25(29)27(24(22)28)18-6-8-20-21(10-18)31-13-30-20/h5-10,16-17H,11-13H2,1-4H3. The lowest BCUT2D eigenvalue weighted by atomic mass is 9.97. The quantitative estimate of drug-likeness (QED) is 0.690. The van der Waals surface area contributed by atoms with Gasteiger partial charge in [0.05, 0.1) is 23.5 Å². The van der Waals surface area contributed by atoms with Gasteiger partial charge in [0.25, 0.3) is 11.8 Å². The summed E-state index contributed by atoms with van der Waals surface area (Å²) in [7, 11) is 0. The summed E-state index contributed by atoms with van der Waals surface area (Å²) in [5.74, 6) is 0.470. The van der Waals surface area contributed by atoms with Crippen molar-refractivity contribution in [3.63, 3.8) is 0 Å². The molecule has 0 bridgehead atoms. The molecule has 166 valence electrons. The number of aryl methyl sites for hydroxylation is 2. The van der Waals surface area contributed by atoms with Crippen LogP contribution in [-0.4, -0.2) is 48.8 Å². The Kier molecular flexibility index (Phi) is 4.93. The molecule has 32 heavy (non-hydrogen) atoms. The molecule has 0 spiro atoms. The minimum atomic E-state index is -0.331. The van der Waals surface area contributed by atoms with Gasteiger partial charge in [0, 0.05) is 19.2 Å². The fourth-order valence-electron chi connectivity index (χ4n) is 4.77. The number of carbonyl (C=O) groups is 2. The molecule has 2 aromatic rings. The van der Waals surface area contributed by atoms with Crippen LogP contribution in [0.3, 0.4) is 0 Å². The molecule has 7 nitrogen and oxygen atoms in total. The topological polar surface area (TPSA) is 68.3 Å². The highest BCUT2D eigenvalue weighted by Gasteiger charge is 2.44. The van der Waals surface area contributed by atoms with E-state index in [-0.39, 0.29) is 30.8 Å². The first kappa shape index (κ1) is 20.6. The third kappa shape index (κ3) is 3.33. The molecule has 1 saturated heterocycles. The van der Waals surface area contributed by atoms with E-state index in [4.69, 9.17) is 14.2 Å². The minimum absolute atomic E-state index is 0.0471. The molecule has 2 unspecified atom stereocenters. The molecule has 3 aliphatic rings. The van der Waals surface area contributed by atoms with Crippen molar-refractivity contribution >= 4 is 23.1 Å². The first-order valence-corrected chi connectivity index (χ1v) is 10.8. The second-order valence-corrected chi connectivity index (χ2v) is 8.69. The maximum absolute atomic E-state index is 13.8. The first-order chi connectivity index (χ1) is 15.3. The van der Waals surface area contributed by atoms with E-state index < -0.39 is 0 Å². The van der Waals surface area contributed by atoms with Crippen molar-refractivity contribution in [3.05, 3.63) is 58.8 Å². The number of amides is 2. The van der Waals surface area contributed by atoms with E-state index in [1.165, 1.54) is 4.90 Å². The van der Waals surface area contributed by atoms with Crippen LogP contribution in [0.5, 0.6) is 11.5 Å². The van der Waals surface area contributed by atoms with Gasteiger partial charge in [0.1, 0.15) is 5.70 Å². The second-order valence-electron chi connectivity index (χ2n) is 8.69. The molecular formula is C25H26N2O5. The Morgan fingerprint density at radius 3 is 2.31 bits per heavy atom. The zero-order valence-corrected chi connectivity index (χ0v) is 18.7. The number of imide groups is 1. The molecule has 0 aromatic heterocycles. The summed E-state index contributed by atoms with van der Waals surface area (Å²) in [4.78, 5) is 30.8. The van der Waals surface area contributed by atoms with Crippen LogP contribution in [0.15, 0.2) is 42.1 Å². The number of nitrogens with zero attached hydrogens (tertiary/aromatic N) is 2. The summed E-state index contributed by atoms with van der Waals surface area (Å²) in [6, 6.07) is 11.1. The molecule has 0 aliphatic carbocycles. The van der Waals surface area contributed by atoms with Gasteiger partial charge in [-0.2, -0.15) is 0 Å². The van der Waals surface area contributed by atoms with Crippen molar-refractivity contribution in [1.29, 1.82) is 0 Å². The van der Waals surface area contributed by atoms with E-state index in [9.17, 15) is 9.59 Å². The number of hydrogen-bond donors (Lipinski definition) is 0. The van der Waals surface area contributed by atoms with Crippen molar-refractivity contribution in [2.24, 2.45) is 0 Å². The molecule has 0 radical (unpaired) electrons. The Morgan fingerprint density at radius 2 is 1.59 bits per heavy atom. The number of ether oxygens (including phenoxy) is 3. The molecule has 3 heterocycles. The van der Waals surface area contributed by atoms with Crippen LogP contribution >= 0.6 is 0 Å². The minimum Gasteiger partial charge on any atom is -0.454 e. The van der Waals surface area contributed by atoms with Crippen molar-refractivity contribution in [1.82, 2.24) is 4.90 Å². The van der Waals surface area contributed by atoms with E-state index in [0.717, 1.165) is 16.7 Å². The Bertz CT molecular complexity index is 1150. The molecule has 0 N–H and O–H groups in total. The number of carbonyl (C=O) groups excluding carboxylic acids is 2. The Labute approximate surface area is 187 Å². The Balaban J connectivity index is 1.63. The molecule has 2 atom stereocenters. The van der Waals surface area contributed by atoms with Crippen LogP contribution in [0.25, 0.3) is 5.57 Å². The van der Waals surface area contributed by atoms with E-state index in [1.54, 1.807) is 18.2 Å². The van der Waals surface area contributed by atoms with Crippen molar-refractivity contribution in [2.45, 2.75) is 39.9 Å². The van der Waals surface area contributed by atoms with Crippen LogP contribution in [0.1, 0.15) is 30.5 Å². The van der Waals surface area contributed by atoms with Gasteiger partial charge in [-0.15, -0.1) is 0 Å². The molecule has 3 aliphatic heterocycles. The maximum Gasteiger partial charge on any atom is 0.282 e. The maximum atomic E-state index is 13.8. The van der Waals surface area contributed by atoms with Gasteiger partial charge in [-0.25, -0.2) is 4.90 Å². The molecule has 1 fully saturated rings. The lowest BCUT2D eigenvalue weighted by Gasteiger charge is -2.37. The fourth-order valence-corrected chi connectivity index (χ4v) is 4.77. The number of fused-ring (bicyclic) bond motifs is 1. The molecule has 5 rings (SSSR count). The van der Waals surface area contributed by atoms with Gasteiger partial charge in [-0.05, 0) is 51.0 Å². The fraction of sp³-hybridized carbons (Fsp3) is 0.360. The SMILES string of the molecule is Cc1ccc(C2=C(N3CC(C)OC(C)C3)C(=O)N(c3ccc4c(c3)OCO4)C2=O)c(C)c1. The van der Waals surface area contributed by atoms with Crippen molar-refractivity contribution < 1.29 is 23.8 Å². The predicted molar refractivity (Wildman–Crippen MR) is 119 cm³/mol. The summed E-state index contributed by atoms with van der Waals surface area (Å²) in [5, 5.41) is 0. The van der Waals surface area contributed by atoms with E-state index in [1.807, 2.05) is 50.8 Å².